The van der Waals surface area contributed by atoms with Crippen LogP contribution < -0.4 is 0 Å². The Morgan fingerprint density at radius 3 is 2.18 bits per heavy atom. The molecule has 96 valence electrons. The summed E-state index contributed by atoms with van der Waals surface area (Å²) in [4.78, 5) is 25.0. The lowest BCUT2D eigenvalue weighted by Crippen LogP contribution is -2.44. The zero-order valence-electron chi connectivity index (χ0n) is 9.84. The Kier molecular flexibility index (Phi) is 3.66. The van der Waals surface area contributed by atoms with E-state index in [2.05, 4.69) is 0 Å². The van der Waals surface area contributed by atoms with Gasteiger partial charge in [0.15, 0.2) is 0 Å². The van der Waals surface area contributed by atoms with Gasteiger partial charge in [-0.15, -0.1) is 0 Å². The number of carboxylic acids is 1. The van der Waals surface area contributed by atoms with Crippen molar-refractivity contribution in [1.29, 1.82) is 0 Å². The Morgan fingerprint density at radius 1 is 1.00 bits per heavy atom. The first-order chi connectivity index (χ1) is 8.09. The zero-order chi connectivity index (χ0) is 12.4. The molecule has 2 aliphatic rings. The summed E-state index contributed by atoms with van der Waals surface area (Å²) in [7, 11) is 0. The maximum atomic E-state index is 12.2. The maximum Gasteiger partial charge on any atom is 0.307 e. The van der Waals surface area contributed by atoms with Crippen molar-refractivity contribution in [3.63, 3.8) is 0 Å². The van der Waals surface area contributed by atoms with Gasteiger partial charge < -0.3 is 15.1 Å². The zero-order valence-corrected chi connectivity index (χ0v) is 9.84. The topological polar surface area (TPSA) is 77.8 Å². The first-order valence-corrected chi connectivity index (χ1v) is 6.29. The van der Waals surface area contributed by atoms with Crippen LogP contribution in [0.5, 0.6) is 0 Å². The minimum absolute atomic E-state index is 0.0261. The number of aliphatic carboxylic acids is 1. The Bertz CT molecular complexity index is 310. The van der Waals surface area contributed by atoms with E-state index in [1.54, 1.807) is 4.90 Å². The molecule has 0 radical (unpaired) electrons. The molecule has 1 saturated carbocycles. The molecule has 2 N–H and O–H groups in total. The summed E-state index contributed by atoms with van der Waals surface area (Å²) in [6.45, 7) is 1.12. The van der Waals surface area contributed by atoms with E-state index >= 15 is 0 Å². The van der Waals surface area contributed by atoms with Crippen LogP contribution in [0.25, 0.3) is 0 Å². The van der Waals surface area contributed by atoms with Crippen molar-refractivity contribution in [1.82, 2.24) is 4.90 Å². The lowest BCUT2D eigenvalue weighted by Gasteiger charge is -2.32. The molecule has 2 fully saturated rings. The van der Waals surface area contributed by atoms with Crippen LogP contribution in [0.3, 0.4) is 0 Å². The van der Waals surface area contributed by atoms with E-state index < -0.39 is 11.9 Å². The second-order valence-electron chi connectivity index (χ2n) is 5.04. The molecular weight excluding hydrogens is 222 g/mol. The molecule has 1 aliphatic carbocycles. The Labute approximate surface area is 100 Å². The molecule has 2 atom stereocenters. The smallest absolute Gasteiger partial charge is 0.307 e. The van der Waals surface area contributed by atoms with Crippen molar-refractivity contribution in [2.45, 2.75) is 38.2 Å². The third kappa shape index (κ3) is 2.60. The largest absolute Gasteiger partial charge is 0.481 e. The third-order valence-corrected chi connectivity index (χ3v) is 3.93. The fourth-order valence-corrected chi connectivity index (χ4v) is 2.87. The number of nitrogens with zero attached hydrogens (tertiary/aromatic N) is 1. The van der Waals surface area contributed by atoms with Crippen molar-refractivity contribution >= 4 is 11.9 Å². The lowest BCUT2D eigenvalue weighted by molar-refractivity contribution is -0.149. The average Bonchev–Trinajstić information content (AvgIpc) is 2.78. The predicted octanol–water partition coefficient (Wildman–Crippen LogP) is 0.471. The van der Waals surface area contributed by atoms with Crippen molar-refractivity contribution in [3.8, 4) is 0 Å². The number of hydrogen-bond donors (Lipinski definition) is 2. The molecule has 5 nitrogen and oxygen atoms in total. The highest BCUT2D eigenvalue weighted by Gasteiger charge is 2.40. The number of piperidine rings is 1. The third-order valence-electron chi connectivity index (χ3n) is 3.93. The van der Waals surface area contributed by atoms with E-state index in [1.165, 1.54) is 0 Å². The lowest BCUT2D eigenvalue weighted by atomic mass is 9.93. The molecule has 0 spiro atoms. The molecular formula is C12H19NO4. The van der Waals surface area contributed by atoms with Crippen LogP contribution in [0.4, 0.5) is 0 Å². The van der Waals surface area contributed by atoms with Gasteiger partial charge in [0, 0.05) is 13.1 Å². The fourth-order valence-electron chi connectivity index (χ4n) is 2.87. The molecule has 0 aromatic rings. The second kappa shape index (κ2) is 5.04. The molecule has 1 aliphatic heterocycles. The molecule has 0 aromatic heterocycles. The first kappa shape index (κ1) is 12.4. The first-order valence-electron chi connectivity index (χ1n) is 6.29. The normalized spacial score (nSPS) is 30.5. The fraction of sp³-hybridized carbons (Fsp3) is 0.833. The van der Waals surface area contributed by atoms with Crippen molar-refractivity contribution in [3.05, 3.63) is 0 Å². The molecule has 5 heteroatoms. The molecule has 0 aromatic carbocycles. The SMILES string of the molecule is O=C(O)C1CCCC1C(=O)N1CCC(O)CC1. The van der Waals surface area contributed by atoms with Crippen molar-refractivity contribution < 1.29 is 19.8 Å². The van der Waals surface area contributed by atoms with E-state index in [0.29, 0.717) is 38.8 Å². The minimum Gasteiger partial charge on any atom is -0.481 e. The van der Waals surface area contributed by atoms with E-state index in [4.69, 9.17) is 5.11 Å². The van der Waals surface area contributed by atoms with Crippen molar-refractivity contribution in [2.75, 3.05) is 13.1 Å². The number of carboxylic acid groups (broad SMARTS) is 1. The number of aliphatic hydroxyl groups is 1. The van der Waals surface area contributed by atoms with E-state index in [-0.39, 0.29) is 17.9 Å². The van der Waals surface area contributed by atoms with Crippen LogP contribution in [-0.2, 0) is 9.59 Å². The van der Waals surface area contributed by atoms with Crippen LogP contribution in [0.1, 0.15) is 32.1 Å². The quantitative estimate of drug-likeness (QED) is 0.736. The summed E-state index contributed by atoms with van der Waals surface area (Å²) >= 11 is 0. The van der Waals surface area contributed by atoms with Gasteiger partial charge in [-0.05, 0) is 25.7 Å². The Morgan fingerprint density at radius 2 is 1.59 bits per heavy atom. The van der Waals surface area contributed by atoms with Gasteiger partial charge in [-0.1, -0.05) is 6.42 Å². The van der Waals surface area contributed by atoms with Gasteiger partial charge in [0.25, 0.3) is 0 Å². The number of rotatable bonds is 2. The van der Waals surface area contributed by atoms with E-state index in [1.807, 2.05) is 0 Å². The van der Waals surface area contributed by atoms with E-state index in [9.17, 15) is 14.7 Å². The summed E-state index contributed by atoms with van der Waals surface area (Å²) in [5.41, 5.74) is 0. The van der Waals surface area contributed by atoms with Crippen LogP contribution >= 0.6 is 0 Å². The standard InChI is InChI=1S/C12H19NO4/c14-8-4-6-13(7-5-8)11(15)9-2-1-3-10(9)12(16)17/h8-10,14H,1-7H2,(H,16,17). The molecule has 1 heterocycles. The summed E-state index contributed by atoms with van der Waals surface area (Å²) in [6, 6.07) is 0. The van der Waals surface area contributed by atoms with Gasteiger partial charge >= 0.3 is 5.97 Å². The molecule has 1 saturated heterocycles. The summed E-state index contributed by atoms with van der Waals surface area (Å²) in [5, 5.41) is 18.4. The summed E-state index contributed by atoms with van der Waals surface area (Å²) in [6.07, 6.45) is 3.03. The van der Waals surface area contributed by atoms with Gasteiger partial charge in [0.05, 0.1) is 17.9 Å². The van der Waals surface area contributed by atoms with Crippen molar-refractivity contribution in [2.24, 2.45) is 11.8 Å². The number of aliphatic hydroxyl groups excluding tert-OH is 1. The van der Waals surface area contributed by atoms with Gasteiger partial charge in [0.2, 0.25) is 5.91 Å². The highest BCUT2D eigenvalue weighted by molar-refractivity contribution is 5.85. The van der Waals surface area contributed by atoms with Crippen LogP contribution in [0, 0.1) is 11.8 Å². The molecule has 2 unspecified atom stereocenters. The summed E-state index contributed by atoms with van der Waals surface area (Å²) < 4.78 is 0. The molecule has 1 amide bonds. The van der Waals surface area contributed by atoms with Gasteiger partial charge in [-0.25, -0.2) is 0 Å². The Balaban J connectivity index is 1.97. The van der Waals surface area contributed by atoms with Gasteiger partial charge in [-0.3, -0.25) is 9.59 Å². The average molecular weight is 241 g/mol. The number of carbonyl (C=O) groups is 2. The minimum atomic E-state index is -0.849. The highest BCUT2D eigenvalue weighted by atomic mass is 16.4. The number of likely N-dealkylation sites (tertiary alicyclic amines) is 1. The van der Waals surface area contributed by atoms with Crippen LogP contribution in [0.15, 0.2) is 0 Å². The van der Waals surface area contributed by atoms with Crippen LogP contribution in [-0.4, -0.2) is 46.2 Å². The second-order valence-corrected chi connectivity index (χ2v) is 5.04. The van der Waals surface area contributed by atoms with Gasteiger partial charge in [-0.2, -0.15) is 0 Å². The van der Waals surface area contributed by atoms with Crippen LogP contribution in [0.2, 0.25) is 0 Å². The number of carbonyl (C=O) groups excluding carboxylic acids is 1. The predicted molar refractivity (Wildman–Crippen MR) is 60.3 cm³/mol. The number of hydrogen-bond acceptors (Lipinski definition) is 3. The van der Waals surface area contributed by atoms with E-state index in [0.717, 1.165) is 6.42 Å². The monoisotopic (exact) mass is 241 g/mol. The number of amides is 1. The maximum absolute atomic E-state index is 12.2. The molecule has 17 heavy (non-hydrogen) atoms. The Hall–Kier alpha value is -1.10. The molecule has 2 rings (SSSR count). The highest BCUT2D eigenvalue weighted by Crippen LogP contribution is 2.33. The summed E-state index contributed by atoms with van der Waals surface area (Å²) in [5.74, 6) is -1.73. The molecule has 0 bridgehead atoms. The van der Waals surface area contributed by atoms with Gasteiger partial charge in [0.1, 0.15) is 0 Å².